The van der Waals surface area contributed by atoms with Crippen LogP contribution in [0.4, 0.5) is 5.69 Å². The average Bonchev–Trinajstić information content (AvgIpc) is 2.94. The summed E-state index contributed by atoms with van der Waals surface area (Å²) in [5.41, 5.74) is 10.2. The van der Waals surface area contributed by atoms with Crippen LogP contribution in [0.15, 0.2) is 53.5 Å². The first-order valence-corrected chi connectivity index (χ1v) is 7.90. The van der Waals surface area contributed by atoms with Crippen LogP contribution in [0.25, 0.3) is 10.9 Å². The van der Waals surface area contributed by atoms with Gasteiger partial charge in [-0.15, -0.1) is 0 Å². The summed E-state index contributed by atoms with van der Waals surface area (Å²) in [5.74, 6) is -0.190. The number of anilines is 1. The standard InChI is InChI=1S/C19H17N3O2/c20-14-8-11-1-2-12(7-13(11)9-14)19(24)22-15-3-4-17-16(10-15)18(23)5-6-21-17/h1-7,10,14H,8-9,20H2,(H,21,23)(H,22,24). The van der Waals surface area contributed by atoms with Crippen LogP contribution in [0.5, 0.6) is 0 Å². The highest BCUT2D eigenvalue weighted by molar-refractivity contribution is 6.05. The van der Waals surface area contributed by atoms with Gasteiger partial charge >= 0.3 is 0 Å². The Kier molecular flexibility index (Phi) is 3.43. The molecule has 0 fully saturated rings. The predicted octanol–water partition coefficient (Wildman–Crippen LogP) is 2.21. The molecule has 1 aromatic heterocycles. The maximum absolute atomic E-state index is 12.5. The zero-order valence-electron chi connectivity index (χ0n) is 13.0. The second-order valence-electron chi connectivity index (χ2n) is 6.21. The summed E-state index contributed by atoms with van der Waals surface area (Å²) in [6.07, 6.45) is 3.28. The molecule has 3 aromatic rings. The number of nitrogens with one attached hydrogen (secondary N) is 2. The fourth-order valence-electron chi connectivity index (χ4n) is 3.25. The van der Waals surface area contributed by atoms with Crippen molar-refractivity contribution in [1.82, 2.24) is 4.98 Å². The molecule has 4 N–H and O–H groups in total. The number of benzene rings is 2. The first-order valence-electron chi connectivity index (χ1n) is 7.90. The maximum Gasteiger partial charge on any atom is 0.255 e. The highest BCUT2D eigenvalue weighted by atomic mass is 16.1. The van der Waals surface area contributed by atoms with Gasteiger partial charge in [-0.25, -0.2) is 0 Å². The van der Waals surface area contributed by atoms with E-state index in [1.165, 1.54) is 11.6 Å². The van der Waals surface area contributed by atoms with Crippen molar-refractivity contribution in [2.24, 2.45) is 5.73 Å². The molecule has 0 radical (unpaired) electrons. The van der Waals surface area contributed by atoms with E-state index in [0.717, 1.165) is 23.9 Å². The Morgan fingerprint density at radius 3 is 2.79 bits per heavy atom. The third-order valence-corrected chi connectivity index (χ3v) is 4.45. The van der Waals surface area contributed by atoms with Gasteiger partial charge in [0.05, 0.1) is 0 Å². The van der Waals surface area contributed by atoms with Crippen molar-refractivity contribution in [3.63, 3.8) is 0 Å². The minimum Gasteiger partial charge on any atom is -0.361 e. The molecule has 5 heteroatoms. The Balaban J connectivity index is 1.62. The first kappa shape index (κ1) is 14.7. The van der Waals surface area contributed by atoms with Crippen LogP contribution in [0.2, 0.25) is 0 Å². The Morgan fingerprint density at radius 1 is 1.08 bits per heavy atom. The largest absolute Gasteiger partial charge is 0.361 e. The van der Waals surface area contributed by atoms with Gasteiger partial charge in [-0.2, -0.15) is 0 Å². The number of aromatic nitrogens is 1. The van der Waals surface area contributed by atoms with Crippen molar-refractivity contribution < 1.29 is 4.79 Å². The van der Waals surface area contributed by atoms with Crippen molar-refractivity contribution in [2.45, 2.75) is 18.9 Å². The quantitative estimate of drug-likeness (QED) is 0.676. The lowest BCUT2D eigenvalue weighted by Crippen LogP contribution is -2.19. The van der Waals surface area contributed by atoms with Gasteiger partial charge in [0.15, 0.2) is 5.43 Å². The Bertz CT molecular complexity index is 1010. The van der Waals surface area contributed by atoms with E-state index in [0.29, 0.717) is 16.6 Å². The minimum atomic E-state index is -0.190. The van der Waals surface area contributed by atoms with E-state index in [4.69, 9.17) is 5.73 Å². The lowest BCUT2D eigenvalue weighted by Gasteiger charge is -2.08. The van der Waals surface area contributed by atoms with Crippen LogP contribution < -0.4 is 16.5 Å². The predicted molar refractivity (Wildman–Crippen MR) is 94.3 cm³/mol. The third-order valence-electron chi connectivity index (χ3n) is 4.45. The van der Waals surface area contributed by atoms with E-state index in [9.17, 15) is 9.59 Å². The van der Waals surface area contributed by atoms with Gasteiger partial charge in [0.1, 0.15) is 0 Å². The van der Waals surface area contributed by atoms with Crippen molar-refractivity contribution in [3.05, 3.63) is 75.6 Å². The number of hydrogen-bond acceptors (Lipinski definition) is 3. The van der Waals surface area contributed by atoms with Gasteiger partial charge in [-0.05, 0) is 54.3 Å². The average molecular weight is 319 g/mol. The molecule has 1 atom stereocenters. The molecule has 120 valence electrons. The van der Waals surface area contributed by atoms with Crippen molar-refractivity contribution in [3.8, 4) is 0 Å². The molecular weight excluding hydrogens is 302 g/mol. The molecule has 0 saturated heterocycles. The molecule has 4 rings (SSSR count). The number of aromatic amines is 1. The Labute approximate surface area is 138 Å². The summed E-state index contributed by atoms with van der Waals surface area (Å²) in [4.78, 5) is 27.4. The van der Waals surface area contributed by atoms with E-state index in [1.807, 2.05) is 18.2 Å². The smallest absolute Gasteiger partial charge is 0.255 e. The van der Waals surface area contributed by atoms with Gasteiger partial charge in [-0.3, -0.25) is 9.59 Å². The van der Waals surface area contributed by atoms with Gasteiger partial charge in [0, 0.05) is 40.5 Å². The lowest BCUT2D eigenvalue weighted by molar-refractivity contribution is 0.102. The third kappa shape index (κ3) is 2.59. The first-order chi connectivity index (χ1) is 11.6. The van der Waals surface area contributed by atoms with Crippen LogP contribution in [0.3, 0.4) is 0 Å². The van der Waals surface area contributed by atoms with Crippen molar-refractivity contribution in [2.75, 3.05) is 5.32 Å². The van der Waals surface area contributed by atoms with Gasteiger partial charge in [0.2, 0.25) is 0 Å². The molecule has 1 amide bonds. The summed E-state index contributed by atoms with van der Waals surface area (Å²) < 4.78 is 0. The number of pyridine rings is 1. The zero-order valence-corrected chi connectivity index (χ0v) is 13.0. The minimum absolute atomic E-state index is 0.0774. The SMILES string of the molecule is NC1Cc2ccc(C(=O)Nc3ccc4[nH]ccc(=O)c4c3)cc2C1. The zero-order chi connectivity index (χ0) is 16.7. The highest BCUT2D eigenvalue weighted by Gasteiger charge is 2.19. The van der Waals surface area contributed by atoms with E-state index in [2.05, 4.69) is 10.3 Å². The number of carbonyl (C=O) groups excluding carboxylic acids is 1. The van der Waals surface area contributed by atoms with Crippen LogP contribution in [0.1, 0.15) is 21.5 Å². The fraction of sp³-hybridized carbons (Fsp3) is 0.158. The van der Waals surface area contributed by atoms with Gasteiger partial charge < -0.3 is 16.0 Å². The lowest BCUT2D eigenvalue weighted by atomic mass is 10.1. The fourth-order valence-corrected chi connectivity index (χ4v) is 3.25. The molecule has 2 aromatic carbocycles. The number of nitrogens with two attached hydrogens (primary N) is 1. The van der Waals surface area contributed by atoms with Crippen molar-refractivity contribution in [1.29, 1.82) is 0 Å². The number of H-pyrrole nitrogens is 1. The topological polar surface area (TPSA) is 88.0 Å². The van der Waals surface area contributed by atoms with E-state index in [-0.39, 0.29) is 17.4 Å². The normalized spacial score (nSPS) is 16.1. The molecule has 0 spiro atoms. The molecule has 0 saturated carbocycles. The van der Waals surface area contributed by atoms with Crippen molar-refractivity contribution >= 4 is 22.5 Å². The maximum atomic E-state index is 12.5. The summed E-state index contributed by atoms with van der Waals surface area (Å²) in [6, 6.07) is 12.6. The van der Waals surface area contributed by atoms with E-state index in [1.54, 1.807) is 24.4 Å². The second kappa shape index (κ2) is 5.62. The highest BCUT2D eigenvalue weighted by Crippen LogP contribution is 2.23. The molecule has 1 unspecified atom stereocenters. The van der Waals surface area contributed by atoms with E-state index < -0.39 is 0 Å². The van der Waals surface area contributed by atoms with E-state index >= 15 is 0 Å². The molecule has 1 aliphatic carbocycles. The van der Waals surface area contributed by atoms with Crippen LogP contribution in [-0.2, 0) is 12.8 Å². The molecule has 0 aliphatic heterocycles. The summed E-state index contributed by atoms with van der Waals surface area (Å²) >= 11 is 0. The number of rotatable bonds is 2. The van der Waals surface area contributed by atoms with Crippen LogP contribution in [-0.4, -0.2) is 16.9 Å². The van der Waals surface area contributed by atoms with Gasteiger partial charge in [-0.1, -0.05) is 6.07 Å². The molecule has 1 aliphatic rings. The number of fused-ring (bicyclic) bond motifs is 2. The molecule has 0 bridgehead atoms. The second-order valence-corrected chi connectivity index (χ2v) is 6.21. The molecule has 5 nitrogen and oxygen atoms in total. The summed E-state index contributed by atoms with van der Waals surface area (Å²) in [6.45, 7) is 0. The molecule has 1 heterocycles. The summed E-state index contributed by atoms with van der Waals surface area (Å²) in [7, 11) is 0. The Morgan fingerprint density at radius 2 is 1.92 bits per heavy atom. The van der Waals surface area contributed by atoms with Crippen LogP contribution >= 0.6 is 0 Å². The Hall–Kier alpha value is -2.92. The summed E-state index contributed by atoms with van der Waals surface area (Å²) in [5, 5.41) is 3.41. The molecular formula is C19H17N3O2. The number of hydrogen-bond donors (Lipinski definition) is 3. The molecule has 24 heavy (non-hydrogen) atoms. The van der Waals surface area contributed by atoms with Crippen LogP contribution in [0, 0.1) is 0 Å². The monoisotopic (exact) mass is 319 g/mol. The number of amides is 1. The number of carbonyl (C=O) groups is 1. The van der Waals surface area contributed by atoms with Gasteiger partial charge in [0.25, 0.3) is 5.91 Å².